The van der Waals surface area contributed by atoms with Gasteiger partial charge in [0.05, 0.1) is 20.1 Å². The van der Waals surface area contributed by atoms with Crippen molar-refractivity contribution < 1.29 is 19.1 Å². The smallest absolute Gasteiger partial charge is 0.331 e. The molecule has 0 aromatic heterocycles. The first-order chi connectivity index (χ1) is 6.70. The van der Waals surface area contributed by atoms with E-state index in [1.807, 2.05) is 0 Å². The van der Waals surface area contributed by atoms with Crippen LogP contribution in [0.15, 0.2) is 11.5 Å². The Labute approximate surface area is 87.6 Å². The Morgan fingerprint density at radius 2 is 2.14 bits per heavy atom. The Bertz CT molecular complexity index is 213. The van der Waals surface area contributed by atoms with Gasteiger partial charge in [0.25, 0.3) is 0 Å². The van der Waals surface area contributed by atoms with E-state index < -0.39 is 0 Å². The molecule has 5 heteroatoms. The van der Waals surface area contributed by atoms with Crippen molar-refractivity contribution in [1.29, 1.82) is 0 Å². The number of thioether (sulfide) groups is 1. The lowest BCUT2D eigenvalue weighted by molar-refractivity contribution is -0.140. The molecule has 0 aliphatic heterocycles. The van der Waals surface area contributed by atoms with Gasteiger partial charge in [0, 0.05) is 11.8 Å². The molecular weight excluding hydrogens is 204 g/mol. The molecule has 4 nitrogen and oxygen atoms in total. The predicted molar refractivity (Wildman–Crippen MR) is 54.9 cm³/mol. The van der Waals surface area contributed by atoms with Crippen LogP contribution in [0.1, 0.15) is 13.3 Å². The van der Waals surface area contributed by atoms with Crippen LogP contribution in [0.4, 0.5) is 0 Å². The minimum absolute atomic E-state index is 0.248. The summed E-state index contributed by atoms with van der Waals surface area (Å²) in [5, 5.41) is 1.61. The number of ether oxygens (including phenoxy) is 2. The first-order valence-corrected chi connectivity index (χ1v) is 5.27. The fourth-order valence-corrected chi connectivity index (χ4v) is 1.23. The Hall–Kier alpha value is -0.970. The molecule has 0 bridgehead atoms. The van der Waals surface area contributed by atoms with Crippen molar-refractivity contribution in [3.05, 3.63) is 11.5 Å². The van der Waals surface area contributed by atoms with E-state index in [-0.39, 0.29) is 11.9 Å². The van der Waals surface area contributed by atoms with Crippen molar-refractivity contribution in [1.82, 2.24) is 0 Å². The normalized spacial score (nSPS) is 10.1. The number of methoxy groups -OCH3 is 1. The van der Waals surface area contributed by atoms with E-state index in [1.165, 1.54) is 24.9 Å². The standard InChI is InChI=1S/C9H14O4S/c1-3-13-9(11)5-7-14-6-4-8(10)12-2/h5,7H,3-4,6H2,1-2H3/b7-5+. The lowest BCUT2D eigenvalue weighted by atomic mass is 10.5. The second-order valence-electron chi connectivity index (χ2n) is 2.25. The summed E-state index contributed by atoms with van der Waals surface area (Å²) in [6.07, 6.45) is 1.68. The molecule has 0 aliphatic carbocycles. The molecule has 0 aromatic carbocycles. The molecule has 0 rings (SSSR count). The van der Waals surface area contributed by atoms with Crippen LogP contribution in [0.25, 0.3) is 0 Å². The lowest BCUT2D eigenvalue weighted by Gasteiger charge is -1.96. The summed E-state index contributed by atoms with van der Waals surface area (Å²) in [4.78, 5) is 21.4. The summed E-state index contributed by atoms with van der Waals surface area (Å²) in [5.41, 5.74) is 0. The Morgan fingerprint density at radius 1 is 1.43 bits per heavy atom. The second kappa shape index (κ2) is 8.62. The van der Waals surface area contributed by atoms with Crippen LogP contribution < -0.4 is 0 Å². The van der Waals surface area contributed by atoms with Gasteiger partial charge in [-0.2, -0.15) is 0 Å². The maximum absolute atomic E-state index is 10.8. The monoisotopic (exact) mass is 218 g/mol. The fraction of sp³-hybridized carbons (Fsp3) is 0.556. The summed E-state index contributed by atoms with van der Waals surface area (Å²) < 4.78 is 9.11. The van der Waals surface area contributed by atoms with Crippen molar-refractivity contribution in [3.8, 4) is 0 Å². The summed E-state index contributed by atoms with van der Waals surface area (Å²) in [6, 6.07) is 0. The van der Waals surface area contributed by atoms with Crippen molar-refractivity contribution in [2.75, 3.05) is 19.5 Å². The molecule has 0 aliphatic rings. The molecule has 80 valence electrons. The van der Waals surface area contributed by atoms with Gasteiger partial charge in [0.1, 0.15) is 0 Å². The Balaban J connectivity index is 3.44. The van der Waals surface area contributed by atoms with Crippen LogP contribution in [-0.2, 0) is 19.1 Å². The van der Waals surface area contributed by atoms with Gasteiger partial charge in [-0.05, 0) is 12.3 Å². The summed E-state index contributed by atoms with van der Waals surface area (Å²) in [7, 11) is 1.35. The van der Waals surface area contributed by atoms with Crippen LogP contribution in [0.3, 0.4) is 0 Å². The minimum Gasteiger partial charge on any atom is -0.469 e. The predicted octanol–water partition coefficient (Wildman–Crippen LogP) is 1.36. The first-order valence-electron chi connectivity index (χ1n) is 4.22. The topological polar surface area (TPSA) is 52.6 Å². The quantitative estimate of drug-likeness (QED) is 0.383. The molecule has 0 amide bonds. The van der Waals surface area contributed by atoms with Crippen LogP contribution in [0.2, 0.25) is 0 Å². The molecular formula is C9H14O4S. The number of esters is 2. The highest BCUT2D eigenvalue weighted by atomic mass is 32.2. The Morgan fingerprint density at radius 3 is 2.71 bits per heavy atom. The highest BCUT2D eigenvalue weighted by Crippen LogP contribution is 2.04. The zero-order valence-corrected chi connectivity index (χ0v) is 9.13. The van der Waals surface area contributed by atoms with Crippen molar-refractivity contribution in [3.63, 3.8) is 0 Å². The maximum Gasteiger partial charge on any atom is 0.331 e. The third-order valence-corrected chi connectivity index (χ3v) is 2.01. The third kappa shape index (κ3) is 7.67. The molecule has 0 saturated carbocycles. The molecule has 0 aromatic rings. The van der Waals surface area contributed by atoms with Gasteiger partial charge in [0.2, 0.25) is 0 Å². The molecule has 0 spiro atoms. The Kier molecular flexibility index (Phi) is 8.02. The molecule has 0 radical (unpaired) electrons. The molecule has 14 heavy (non-hydrogen) atoms. The minimum atomic E-state index is -0.363. The molecule has 0 saturated heterocycles. The van der Waals surface area contributed by atoms with E-state index in [2.05, 4.69) is 9.47 Å². The van der Waals surface area contributed by atoms with E-state index in [4.69, 9.17) is 0 Å². The van der Waals surface area contributed by atoms with Gasteiger partial charge in [-0.1, -0.05) is 0 Å². The number of carbonyl (C=O) groups is 2. The van der Waals surface area contributed by atoms with Gasteiger partial charge >= 0.3 is 11.9 Å². The van der Waals surface area contributed by atoms with Crippen LogP contribution >= 0.6 is 11.8 Å². The highest BCUT2D eigenvalue weighted by molar-refractivity contribution is 8.02. The van der Waals surface area contributed by atoms with E-state index in [0.717, 1.165) is 0 Å². The zero-order valence-electron chi connectivity index (χ0n) is 8.32. The van der Waals surface area contributed by atoms with Gasteiger partial charge in [-0.25, -0.2) is 4.79 Å². The molecule has 0 atom stereocenters. The summed E-state index contributed by atoms with van der Waals surface area (Å²) in [6.45, 7) is 2.12. The van der Waals surface area contributed by atoms with Crippen LogP contribution in [0.5, 0.6) is 0 Å². The van der Waals surface area contributed by atoms with Crippen molar-refractivity contribution in [2.45, 2.75) is 13.3 Å². The highest BCUT2D eigenvalue weighted by Gasteiger charge is 1.98. The van der Waals surface area contributed by atoms with Crippen LogP contribution in [-0.4, -0.2) is 31.4 Å². The van der Waals surface area contributed by atoms with E-state index in [9.17, 15) is 9.59 Å². The molecule has 0 heterocycles. The molecule has 0 N–H and O–H groups in total. The summed E-state index contributed by atoms with van der Waals surface area (Å²) in [5.74, 6) is -0.0112. The molecule has 0 fully saturated rings. The number of hydrogen-bond acceptors (Lipinski definition) is 5. The average molecular weight is 218 g/mol. The average Bonchev–Trinajstić information content (AvgIpc) is 2.17. The van der Waals surface area contributed by atoms with Gasteiger partial charge in [0.15, 0.2) is 0 Å². The zero-order chi connectivity index (χ0) is 10.8. The molecule has 0 unspecified atom stereocenters. The summed E-state index contributed by atoms with van der Waals surface area (Å²) >= 11 is 1.37. The third-order valence-electron chi connectivity index (χ3n) is 1.24. The van der Waals surface area contributed by atoms with Crippen molar-refractivity contribution >= 4 is 23.7 Å². The first kappa shape index (κ1) is 13.0. The van der Waals surface area contributed by atoms with Gasteiger partial charge in [-0.3, -0.25) is 4.79 Å². The van der Waals surface area contributed by atoms with E-state index >= 15 is 0 Å². The fourth-order valence-electron chi connectivity index (χ4n) is 0.606. The largest absolute Gasteiger partial charge is 0.469 e. The number of hydrogen-bond donors (Lipinski definition) is 0. The SMILES string of the molecule is CCOC(=O)/C=C/SCCC(=O)OC. The number of rotatable bonds is 6. The maximum atomic E-state index is 10.8. The van der Waals surface area contributed by atoms with Crippen LogP contribution in [0, 0.1) is 0 Å². The van der Waals surface area contributed by atoms with Crippen molar-refractivity contribution in [2.24, 2.45) is 0 Å². The lowest BCUT2D eigenvalue weighted by Crippen LogP contribution is -2.01. The second-order valence-corrected chi connectivity index (χ2v) is 3.27. The number of carbonyl (C=O) groups excluding carboxylic acids is 2. The van der Waals surface area contributed by atoms with E-state index in [1.54, 1.807) is 12.3 Å². The van der Waals surface area contributed by atoms with E-state index in [0.29, 0.717) is 18.8 Å². The van der Waals surface area contributed by atoms with Gasteiger partial charge < -0.3 is 9.47 Å². The van der Waals surface area contributed by atoms with Gasteiger partial charge in [-0.15, -0.1) is 11.8 Å².